The van der Waals surface area contributed by atoms with E-state index in [0.717, 1.165) is 35.9 Å². The van der Waals surface area contributed by atoms with E-state index < -0.39 is 10.0 Å². The van der Waals surface area contributed by atoms with Crippen molar-refractivity contribution in [3.05, 3.63) is 41.7 Å². The third-order valence-corrected chi connectivity index (χ3v) is 7.07. The molecule has 1 aromatic heterocycles. The monoisotopic (exact) mass is 380 g/mol. The highest BCUT2D eigenvalue weighted by atomic mass is 32.2. The van der Waals surface area contributed by atoms with Crippen molar-refractivity contribution in [3.63, 3.8) is 0 Å². The average Bonchev–Trinajstić information content (AvgIpc) is 2.97. The SMILES string of the molecule is CCc1nsc(N2CCCN(S(=O)(=O)CCc3ccccc3)CC2)n1. The van der Waals surface area contributed by atoms with Gasteiger partial charge in [0.15, 0.2) is 0 Å². The first-order valence-corrected chi connectivity index (χ1v) is 11.1. The van der Waals surface area contributed by atoms with Gasteiger partial charge in [-0.2, -0.15) is 4.37 Å². The van der Waals surface area contributed by atoms with Gasteiger partial charge in [-0.3, -0.25) is 0 Å². The molecule has 0 bridgehead atoms. The van der Waals surface area contributed by atoms with Gasteiger partial charge < -0.3 is 4.90 Å². The normalized spacial score (nSPS) is 16.8. The van der Waals surface area contributed by atoms with E-state index in [-0.39, 0.29) is 5.75 Å². The number of sulfonamides is 1. The van der Waals surface area contributed by atoms with Crippen LogP contribution < -0.4 is 4.90 Å². The molecule has 136 valence electrons. The van der Waals surface area contributed by atoms with Crippen LogP contribution in [0.25, 0.3) is 0 Å². The lowest BCUT2D eigenvalue weighted by atomic mass is 10.2. The van der Waals surface area contributed by atoms with Gasteiger partial charge in [-0.05, 0) is 18.4 Å². The van der Waals surface area contributed by atoms with Crippen molar-refractivity contribution in [3.8, 4) is 0 Å². The number of hydrogen-bond donors (Lipinski definition) is 0. The lowest BCUT2D eigenvalue weighted by molar-refractivity contribution is 0.433. The number of hydrogen-bond acceptors (Lipinski definition) is 6. The Morgan fingerprint density at radius 1 is 1.12 bits per heavy atom. The highest BCUT2D eigenvalue weighted by Crippen LogP contribution is 2.20. The van der Waals surface area contributed by atoms with Crippen molar-refractivity contribution < 1.29 is 8.42 Å². The van der Waals surface area contributed by atoms with E-state index in [4.69, 9.17) is 0 Å². The fourth-order valence-electron chi connectivity index (χ4n) is 2.90. The van der Waals surface area contributed by atoms with Crippen LogP contribution in [-0.4, -0.2) is 54.0 Å². The van der Waals surface area contributed by atoms with Crippen LogP contribution in [0.5, 0.6) is 0 Å². The number of nitrogens with zero attached hydrogens (tertiary/aromatic N) is 4. The Balaban J connectivity index is 1.59. The summed E-state index contributed by atoms with van der Waals surface area (Å²) < 4.78 is 31.3. The summed E-state index contributed by atoms with van der Waals surface area (Å²) in [5.74, 6) is 1.02. The Bertz CT molecular complexity index is 777. The molecule has 1 aromatic carbocycles. The van der Waals surface area contributed by atoms with Gasteiger partial charge >= 0.3 is 0 Å². The fourth-order valence-corrected chi connectivity index (χ4v) is 5.22. The Morgan fingerprint density at radius 3 is 2.64 bits per heavy atom. The van der Waals surface area contributed by atoms with E-state index in [1.54, 1.807) is 4.31 Å². The van der Waals surface area contributed by atoms with Crippen LogP contribution in [0.1, 0.15) is 24.7 Å². The van der Waals surface area contributed by atoms with Crippen LogP contribution in [0.2, 0.25) is 0 Å². The molecule has 3 rings (SSSR count). The first-order valence-electron chi connectivity index (χ1n) is 8.68. The number of benzene rings is 1. The summed E-state index contributed by atoms with van der Waals surface area (Å²) >= 11 is 1.40. The number of rotatable bonds is 6. The zero-order valence-electron chi connectivity index (χ0n) is 14.5. The van der Waals surface area contributed by atoms with E-state index in [0.29, 0.717) is 26.1 Å². The van der Waals surface area contributed by atoms with Gasteiger partial charge in [0.25, 0.3) is 0 Å². The van der Waals surface area contributed by atoms with Gasteiger partial charge in [0.05, 0.1) is 5.75 Å². The Labute approximate surface area is 153 Å². The van der Waals surface area contributed by atoms with Crippen molar-refractivity contribution >= 4 is 26.7 Å². The molecule has 0 atom stereocenters. The van der Waals surface area contributed by atoms with Crippen molar-refractivity contribution in [1.82, 2.24) is 13.7 Å². The van der Waals surface area contributed by atoms with Crippen molar-refractivity contribution in [1.29, 1.82) is 0 Å². The second-order valence-electron chi connectivity index (χ2n) is 6.14. The minimum atomic E-state index is -3.24. The summed E-state index contributed by atoms with van der Waals surface area (Å²) in [7, 11) is -3.24. The van der Waals surface area contributed by atoms with E-state index in [9.17, 15) is 8.42 Å². The van der Waals surface area contributed by atoms with Crippen molar-refractivity contribution in [2.75, 3.05) is 36.8 Å². The molecule has 2 aromatic rings. The van der Waals surface area contributed by atoms with E-state index in [1.165, 1.54) is 11.5 Å². The molecule has 25 heavy (non-hydrogen) atoms. The molecule has 8 heteroatoms. The van der Waals surface area contributed by atoms with Gasteiger partial charge in [-0.1, -0.05) is 37.3 Å². The molecule has 0 amide bonds. The van der Waals surface area contributed by atoms with Gasteiger partial charge in [-0.25, -0.2) is 17.7 Å². The summed E-state index contributed by atoms with van der Waals surface area (Å²) in [6, 6.07) is 9.77. The Kier molecular flexibility index (Phi) is 6.03. The number of anilines is 1. The Morgan fingerprint density at radius 2 is 1.92 bits per heavy atom. The molecule has 0 aliphatic carbocycles. The first kappa shape index (κ1) is 18.3. The lowest BCUT2D eigenvalue weighted by Crippen LogP contribution is -2.37. The molecule has 0 radical (unpaired) electrons. The molecule has 2 heterocycles. The zero-order valence-corrected chi connectivity index (χ0v) is 16.1. The van der Waals surface area contributed by atoms with E-state index in [2.05, 4.69) is 14.3 Å². The predicted octanol–water partition coefficient (Wildman–Crippen LogP) is 2.19. The van der Waals surface area contributed by atoms with Gasteiger partial charge in [0.1, 0.15) is 5.82 Å². The second kappa shape index (κ2) is 8.25. The molecule has 0 N–H and O–H groups in total. The minimum Gasteiger partial charge on any atom is -0.345 e. The summed E-state index contributed by atoms with van der Waals surface area (Å²) in [5.41, 5.74) is 1.06. The smallest absolute Gasteiger partial charge is 0.214 e. The minimum absolute atomic E-state index is 0.163. The van der Waals surface area contributed by atoms with Crippen LogP contribution in [0.15, 0.2) is 30.3 Å². The maximum absolute atomic E-state index is 12.7. The maximum atomic E-state index is 12.7. The fraction of sp³-hybridized carbons (Fsp3) is 0.529. The van der Waals surface area contributed by atoms with E-state index in [1.807, 2.05) is 37.3 Å². The van der Waals surface area contributed by atoms with Crippen molar-refractivity contribution in [2.45, 2.75) is 26.2 Å². The van der Waals surface area contributed by atoms with Crippen molar-refractivity contribution in [2.24, 2.45) is 0 Å². The zero-order chi connectivity index (χ0) is 17.7. The van der Waals surface area contributed by atoms with Crippen LogP contribution in [0.4, 0.5) is 5.13 Å². The van der Waals surface area contributed by atoms with Gasteiger partial charge in [-0.15, -0.1) is 0 Å². The molecule has 1 saturated heterocycles. The maximum Gasteiger partial charge on any atom is 0.214 e. The first-order chi connectivity index (χ1) is 12.1. The summed E-state index contributed by atoms with van der Waals surface area (Å²) in [6.45, 7) is 4.62. The molecule has 1 aliphatic rings. The standard InChI is InChI=1S/C17H24N4O2S2/c1-2-16-18-17(24-19-16)20-10-6-11-21(13-12-20)25(22,23)14-9-15-7-4-3-5-8-15/h3-5,7-8H,2,6,9-14H2,1H3. The molecule has 0 unspecified atom stereocenters. The van der Waals surface area contributed by atoms with Gasteiger partial charge in [0, 0.05) is 44.1 Å². The van der Waals surface area contributed by atoms with Crippen LogP contribution in [0.3, 0.4) is 0 Å². The topological polar surface area (TPSA) is 66.4 Å². The number of aromatic nitrogens is 2. The summed E-state index contributed by atoms with van der Waals surface area (Å²) in [4.78, 5) is 6.68. The third-order valence-electron chi connectivity index (χ3n) is 4.38. The molecular weight excluding hydrogens is 356 g/mol. The second-order valence-corrected chi connectivity index (χ2v) is 8.96. The van der Waals surface area contributed by atoms with Gasteiger partial charge in [0.2, 0.25) is 15.2 Å². The largest absolute Gasteiger partial charge is 0.345 e. The highest BCUT2D eigenvalue weighted by molar-refractivity contribution is 7.89. The lowest BCUT2D eigenvalue weighted by Gasteiger charge is -2.21. The summed E-state index contributed by atoms with van der Waals surface area (Å²) in [6.07, 6.45) is 2.19. The van der Waals surface area contributed by atoms with Crippen LogP contribution in [-0.2, 0) is 22.9 Å². The molecular formula is C17H24N4O2S2. The highest BCUT2D eigenvalue weighted by Gasteiger charge is 2.26. The number of aryl methyl sites for hydroxylation is 2. The molecule has 1 aliphatic heterocycles. The summed E-state index contributed by atoms with van der Waals surface area (Å²) in [5, 5.41) is 0.903. The molecule has 1 fully saturated rings. The quantitative estimate of drug-likeness (QED) is 0.768. The molecule has 6 nitrogen and oxygen atoms in total. The molecule has 0 saturated carbocycles. The predicted molar refractivity (Wildman–Crippen MR) is 102 cm³/mol. The van der Waals surface area contributed by atoms with Crippen LogP contribution in [0, 0.1) is 0 Å². The van der Waals surface area contributed by atoms with E-state index >= 15 is 0 Å². The van der Waals surface area contributed by atoms with Crippen LogP contribution >= 0.6 is 11.5 Å². The average molecular weight is 381 g/mol. The third kappa shape index (κ3) is 4.77. The Hall–Kier alpha value is -1.51. The molecule has 0 spiro atoms.